The normalized spacial score (nSPS) is 12.2. The summed E-state index contributed by atoms with van der Waals surface area (Å²) in [6.45, 7) is 6.72. The molecule has 83 heavy (non-hydrogen) atoms. The van der Waals surface area contributed by atoms with E-state index < -0.39 is 6.10 Å². The summed E-state index contributed by atoms with van der Waals surface area (Å²) in [6, 6.07) is 0. The molecule has 0 bridgehead atoms. The van der Waals surface area contributed by atoms with Crippen LogP contribution >= 0.6 is 0 Å². The lowest BCUT2D eigenvalue weighted by atomic mass is 10.0. The molecule has 0 aromatic rings. The third-order valence-electron chi connectivity index (χ3n) is 17.1. The highest BCUT2D eigenvalue weighted by Crippen LogP contribution is 2.19. The van der Waals surface area contributed by atoms with E-state index >= 15 is 0 Å². The number of carbonyl (C=O) groups excluding carboxylic acids is 3. The standard InChI is InChI=1S/C77H144O6/c1-4-7-10-13-16-19-22-25-28-31-34-36-38-39-40-42-43-46-49-52-55-58-61-64-67-70-76(79)82-73-74(72-81-75(78)69-66-63-60-57-54-51-48-45-33-30-27-24-21-18-15-12-9-6-3)83-77(80)71-68-65-62-59-56-53-50-47-44-41-37-35-32-29-26-23-20-17-14-11-8-5-2/h22,25,31,34,38-39,74H,4-21,23-24,26-30,32-33,35-37,40-73H2,1-3H3/b25-22-,34-31-,39-38-. The molecule has 0 saturated heterocycles. The van der Waals surface area contributed by atoms with Gasteiger partial charge >= 0.3 is 17.9 Å². The number of rotatable bonds is 70. The molecule has 0 spiro atoms. The van der Waals surface area contributed by atoms with Gasteiger partial charge in [0, 0.05) is 19.3 Å². The monoisotopic (exact) mass is 1170 g/mol. The minimum absolute atomic E-state index is 0.0665. The van der Waals surface area contributed by atoms with Crippen LogP contribution in [0.2, 0.25) is 0 Å². The van der Waals surface area contributed by atoms with Crippen molar-refractivity contribution >= 4 is 17.9 Å². The Morgan fingerprint density at radius 3 is 0.675 bits per heavy atom. The van der Waals surface area contributed by atoms with Crippen LogP contribution in [0.25, 0.3) is 0 Å². The number of carbonyl (C=O) groups is 3. The molecule has 0 N–H and O–H groups in total. The summed E-state index contributed by atoms with van der Waals surface area (Å²) in [5.74, 6) is -0.835. The van der Waals surface area contributed by atoms with Gasteiger partial charge in [0.15, 0.2) is 6.10 Å². The van der Waals surface area contributed by atoms with Gasteiger partial charge in [-0.1, -0.05) is 378 Å². The van der Waals surface area contributed by atoms with Crippen LogP contribution in [0, 0.1) is 0 Å². The summed E-state index contributed by atoms with van der Waals surface area (Å²) in [6.07, 6.45) is 90.3. The van der Waals surface area contributed by atoms with E-state index in [0.717, 1.165) is 70.6 Å². The Kier molecular flexibility index (Phi) is 70.0. The van der Waals surface area contributed by atoms with E-state index in [1.54, 1.807) is 0 Å². The predicted octanol–water partition coefficient (Wildman–Crippen LogP) is 25.9. The van der Waals surface area contributed by atoms with Gasteiger partial charge in [-0.05, 0) is 57.8 Å². The van der Waals surface area contributed by atoms with Gasteiger partial charge < -0.3 is 14.2 Å². The van der Waals surface area contributed by atoms with Crippen molar-refractivity contribution in [2.24, 2.45) is 0 Å². The second-order valence-corrected chi connectivity index (χ2v) is 25.6. The van der Waals surface area contributed by atoms with Crippen LogP contribution in [-0.2, 0) is 28.6 Å². The van der Waals surface area contributed by atoms with Crippen LogP contribution in [0.15, 0.2) is 36.5 Å². The largest absolute Gasteiger partial charge is 0.462 e. The molecule has 0 aliphatic rings. The molecule has 488 valence electrons. The van der Waals surface area contributed by atoms with E-state index in [-0.39, 0.29) is 31.1 Å². The third-order valence-corrected chi connectivity index (χ3v) is 17.1. The zero-order valence-electron chi connectivity index (χ0n) is 56.2. The topological polar surface area (TPSA) is 78.9 Å². The summed E-state index contributed by atoms with van der Waals surface area (Å²) in [7, 11) is 0. The van der Waals surface area contributed by atoms with Crippen molar-refractivity contribution in [2.45, 2.75) is 425 Å². The molecule has 0 aromatic carbocycles. The van der Waals surface area contributed by atoms with Crippen molar-refractivity contribution in [3.05, 3.63) is 36.5 Å². The Bertz CT molecular complexity index is 1380. The fraction of sp³-hybridized carbons (Fsp3) is 0.883. The smallest absolute Gasteiger partial charge is 0.306 e. The molecular formula is C77H144O6. The van der Waals surface area contributed by atoms with Gasteiger partial charge in [-0.2, -0.15) is 0 Å². The number of ether oxygens (including phenoxy) is 3. The first-order chi connectivity index (χ1) is 41.0. The fourth-order valence-electron chi connectivity index (χ4n) is 11.5. The van der Waals surface area contributed by atoms with Crippen LogP contribution in [0.1, 0.15) is 419 Å². The maximum atomic E-state index is 13.0. The molecule has 1 atom stereocenters. The lowest BCUT2D eigenvalue weighted by molar-refractivity contribution is -0.167. The summed E-state index contributed by atoms with van der Waals surface area (Å²) < 4.78 is 17.1. The Morgan fingerprint density at radius 1 is 0.241 bits per heavy atom. The van der Waals surface area contributed by atoms with Crippen LogP contribution in [-0.4, -0.2) is 37.2 Å². The van der Waals surface area contributed by atoms with Gasteiger partial charge in [0.05, 0.1) is 0 Å². The number of hydrogen-bond donors (Lipinski definition) is 0. The Hall–Kier alpha value is -2.37. The molecule has 1 unspecified atom stereocenters. The molecule has 0 aliphatic heterocycles. The van der Waals surface area contributed by atoms with E-state index in [4.69, 9.17) is 14.2 Å². The van der Waals surface area contributed by atoms with Crippen molar-refractivity contribution in [3.8, 4) is 0 Å². The van der Waals surface area contributed by atoms with Crippen molar-refractivity contribution in [2.75, 3.05) is 13.2 Å². The first kappa shape index (κ1) is 80.6. The lowest BCUT2D eigenvalue weighted by Gasteiger charge is -2.18. The second-order valence-electron chi connectivity index (χ2n) is 25.6. The minimum Gasteiger partial charge on any atom is -0.462 e. The van der Waals surface area contributed by atoms with Crippen LogP contribution in [0.4, 0.5) is 0 Å². The Balaban J connectivity index is 4.30. The first-order valence-electron chi connectivity index (χ1n) is 37.5. The average molecular weight is 1170 g/mol. The van der Waals surface area contributed by atoms with Gasteiger partial charge in [0.25, 0.3) is 0 Å². The lowest BCUT2D eigenvalue weighted by Crippen LogP contribution is -2.30. The third kappa shape index (κ3) is 70.3. The van der Waals surface area contributed by atoms with E-state index in [9.17, 15) is 14.4 Å². The van der Waals surface area contributed by atoms with Gasteiger partial charge in [-0.15, -0.1) is 0 Å². The SMILES string of the molecule is CCCCCCC/C=C\C/C=C\C/C=C\CCCCCCCCCCCCC(=O)OCC(COC(=O)CCCCCCCCCCCCCCCCCCCC)OC(=O)CCCCCCCCCCCCCCCCCCCCCCCC. The van der Waals surface area contributed by atoms with Gasteiger partial charge in [-0.25, -0.2) is 0 Å². The molecule has 0 rings (SSSR count). The highest BCUT2D eigenvalue weighted by molar-refractivity contribution is 5.71. The quantitative estimate of drug-likeness (QED) is 0.0261. The van der Waals surface area contributed by atoms with Crippen LogP contribution in [0.3, 0.4) is 0 Å². The van der Waals surface area contributed by atoms with E-state index in [1.165, 1.54) is 308 Å². The molecule has 0 aliphatic carbocycles. The summed E-state index contributed by atoms with van der Waals surface area (Å²) >= 11 is 0. The van der Waals surface area contributed by atoms with E-state index in [2.05, 4.69) is 57.2 Å². The molecule has 0 aromatic heterocycles. The van der Waals surface area contributed by atoms with Crippen LogP contribution < -0.4 is 0 Å². The molecule has 0 amide bonds. The zero-order chi connectivity index (χ0) is 59.9. The van der Waals surface area contributed by atoms with Crippen molar-refractivity contribution in [1.29, 1.82) is 0 Å². The molecule has 0 radical (unpaired) electrons. The number of esters is 3. The van der Waals surface area contributed by atoms with Crippen LogP contribution in [0.5, 0.6) is 0 Å². The fourth-order valence-corrected chi connectivity index (χ4v) is 11.5. The number of hydrogen-bond acceptors (Lipinski definition) is 6. The van der Waals surface area contributed by atoms with E-state index in [0.29, 0.717) is 19.3 Å². The van der Waals surface area contributed by atoms with Crippen molar-refractivity contribution < 1.29 is 28.6 Å². The molecule has 0 heterocycles. The van der Waals surface area contributed by atoms with Gasteiger partial charge in [0.2, 0.25) is 0 Å². The Labute approximate surface area is 518 Å². The predicted molar refractivity (Wildman–Crippen MR) is 362 cm³/mol. The molecule has 0 saturated carbocycles. The minimum atomic E-state index is -0.772. The molecular weight excluding hydrogens is 1020 g/mol. The second kappa shape index (κ2) is 72.1. The average Bonchev–Trinajstić information content (AvgIpc) is 3.50. The summed E-state index contributed by atoms with van der Waals surface area (Å²) in [5, 5.41) is 0. The van der Waals surface area contributed by atoms with Crippen molar-refractivity contribution in [3.63, 3.8) is 0 Å². The van der Waals surface area contributed by atoms with Gasteiger partial charge in [0.1, 0.15) is 13.2 Å². The highest BCUT2D eigenvalue weighted by Gasteiger charge is 2.20. The molecule has 6 nitrogen and oxygen atoms in total. The summed E-state index contributed by atoms with van der Waals surface area (Å²) in [4.78, 5) is 38.6. The molecule has 6 heteroatoms. The van der Waals surface area contributed by atoms with Crippen molar-refractivity contribution in [1.82, 2.24) is 0 Å². The first-order valence-corrected chi connectivity index (χ1v) is 37.5. The highest BCUT2D eigenvalue weighted by atomic mass is 16.6. The number of unbranched alkanes of at least 4 members (excludes halogenated alkanes) is 53. The maximum Gasteiger partial charge on any atom is 0.306 e. The van der Waals surface area contributed by atoms with Gasteiger partial charge in [-0.3, -0.25) is 14.4 Å². The molecule has 0 fully saturated rings. The number of allylic oxidation sites excluding steroid dienone is 6. The zero-order valence-corrected chi connectivity index (χ0v) is 56.2. The Morgan fingerprint density at radius 2 is 0.434 bits per heavy atom. The van der Waals surface area contributed by atoms with E-state index in [1.807, 2.05) is 0 Å². The maximum absolute atomic E-state index is 13.0. The summed E-state index contributed by atoms with van der Waals surface area (Å²) in [5.41, 5.74) is 0.